The first-order valence-electron chi connectivity index (χ1n) is 8.80. The zero-order valence-corrected chi connectivity index (χ0v) is 15.7. The van der Waals surface area contributed by atoms with E-state index in [9.17, 15) is 14.7 Å². The molecule has 1 unspecified atom stereocenters. The summed E-state index contributed by atoms with van der Waals surface area (Å²) < 4.78 is 16.4. The van der Waals surface area contributed by atoms with Gasteiger partial charge in [0, 0.05) is 12.6 Å². The largest absolute Gasteiger partial charge is 0.497 e. The fourth-order valence-electron chi connectivity index (χ4n) is 2.75. The highest BCUT2D eigenvalue weighted by Gasteiger charge is 2.34. The number of morpholine rings is 1. The molecule has 26 heavy (non-hydrogen) atoms. The summed E-state index contributed by atoms with van der Waals surface area (Å²) in [6, 6.07) is 5.04. The van der Waals surface area contributed by atoms with Crippen LogP contribution in [0.15, 0.2) is 18.2 Å². The molecule has 0 radical (unpaired) electrons. The Kier molecular flexibility index (Phi) is 6.85. The molecule has 0 bridgehead atoms. The van der Waals surface area contributed by atoms with Crippen molar-refractivity contribution >= 4 is 11.9 Å². The molecule has 1 N–H and O–H groups in total. The van der Waals surface area contributed by atoms with Crippen LogP contribution in [0.5, 0.6) is 11.5 Å². The number of carbonyl (C=O) groups excluding carboxylic acids is 1. The van der Waals surface area contributed by atoms with Gasteiger partial charge in [-0.25, -0.2) is 4.79 Å². The third kappa shape index (κ3) is 5.11. The molecule has 0 saturated carbocycles. The van der Waals surface area contributed by atoms with Crippen LogP contribution in [0.3, 0.4) is 0 Å². The SMILES string of the molecule is COc1ccc(C(=O)N2CC(C(=O)O)O[C@H](C)C2)c(OCCC(C)C)c1. The molecule has 1 saturated heterocycles. The van der Waals surface area contributed by atoms with Crippen LogP contribution in [0.25, 0.3) is 0 Å². The molecule has 2 atom stereocenters. The average molecular weight is 365 g/mol. The van der Waals surface area contributed by atoms with Crippen molar-refractivity contribution in [1.82, 2.24) is 4.90 Å². The first-order chi connectivity index (χ1) is 12.3. The monoisotopic (exact) mass is 365 g/mol. The number of nitrogens with zero attached hydrogens (tertiary/aromatic N) is 1. The molecule has 7 nitrogen and oxygen atoms in total. The number of methoxy groups -OCH3 is 1. The van der Waals surface area contributed by atoms with Gasteiger partial charge in [0.05, 0.1) is 31.9 Å². The lowest BCUT2D eigenvalue weighted by atomic mass is 10.1. The van der Waals surface area contributed by atoms with Crippen LogP contribution in [0.2, 0.25) is 0 Å². The fourth-order valence-corrected chi connectivity index (χ4v) is 2.75. The average Bonchev–Trinajstić information content (AvgIpc) is 2.60. The van der Waals surface area contributed by atoms with E-state index in [1.54, 1.807) is 32.2 Å². The summed E-state index contributed by atoms with van der Waals surface area (Å²) in [6.07, 6.45) is -0.510. The molecule has 144 valence electrons. The molecule has 1 aromatic rings. The number of hydrogen-bond acceptors (Lipinski definition) is 5. The lowest BCUT2D eigenvalue weighted by Crippen LogP contribution is -2.51. The Morgan fingerprint density at radius 3 is 2.69 bits per heavy atom. The Morgan fingerprint density at radius 2 is 2.08 bits per heavy atom. The highest BCUT2D eigenvalue weighted by Crippen LogP contribution is 2.27. The number of carboxylic acid groups (broad SMARTS) is 1. The van der Waals surface area contributed by atoms with Gasteiger partial charge in [-0.2, -0.15) is 0 Å². The molecule has 7 heteroatoms. The molecule has 0 aromatic heterocycles. The van der Waals surface area contributed by atoms with Crippen LogP contribution in [-0.2, 0) is 9.53 Å². The van der Waals surface area contributed by atoms with Gasteiger partial charge < -0.3 is 24.2 Å². The molecule has 0 spiro atoms. The molecule has 1 aliphatic rings. The van der Waals surface area contributed by atoms with Crippen molar-refractivity contribution < 1.29 is 28.9 Å². The topological polar surface area (TPSA) is 85.3 Å². The van der Waals surface area contributed by atoms with Gasteiger partial charge in [-0.3, -0.25) is 4.79 Å². The quantitative estimate of drug-likeness (QED) is 0.799. The molecule has 1 fully saturated rings. The van der Waals surface area contributed by atoms with Crippen molar-refractivity contribution in [2.45, 2.75) is 39.4 Å². The van der Waals surface area contributed by atoms with E-state index in [4.69, 9.17) is 14.2 Å². The maximum atomic E-state index is 13.0. The number of hydrogen-bond donors (Lipinski definition) is 1. The molecular weight excluding hydrogens is 338 g/mol. The van der Waals surface area contributed by atoms with E-state index < -0.39 is 12.1 Å². The smallest absolute Gasteiger partial charge is 0.334 e. The molecule has 1 aliphatic heterocycles. The third-order valence-corrected chi connectivity index (χ3v) is 4.19. The van der Waals surface area contributed by atoms with Crippen LogP contribution >= 0.6 is 0 Å². The number of aliphatic carboxylic acids is 1. The Balaban J connectivity index is 2.21. The van der Waals surface area contributed by atoms with Gasteiger partial charge in [0.2, 0.25) is 0 Å². The van der Waals surface area contributed by atoms with E-state index in [0.29, 0.717) is 36.1 Å². The number of ether oxygens (including phenoxy) is 3. The first kappa shape index (κ1) is 20.0. The van der Waals surface area contributed by atoms with E-state index in [2.05, 4.69) is 13.8 Å². The van der Waals surface area contributed by atoms with E-state index >= 15 is 0 Å². The predicted molar refractivity (Wildman–Crippen MR) is 95.8 cm³/mol. The third-order valence-electron chi connectivity index (χ3n) is 4.19. The fraction of sp³-hybridized carbons (Fsp3) is 0.579. The normalized spacial score (nSPS) is 20.1. The minimum absolute atomic E-state index is 0.00989. The van der Waals surface area contributed by atoms with Gasteiger partial charge in [0.1, 0.15) is 11.5 Å². The summed E-state index contributed by atoms with van der Waals surface area (Å²) in [7, 11) is 1.55. The molecule has 0 aliphatic carbocycles. The highest BCUT2D eigenvalue weighted by atomic mass is 16.5. The summed E-state index contributed by atoms with van der Waals surface area (Å²) in [6.45, 7) is 6.78. The van der Waals surface area contributed by atoms with Crippen LogP contribution in [0.4, 0.5) is 0 Å². The summed E-state index contributed by atoms with van der Waals surface area (Å²) in [5.41, 5.74) is 0.396. The van der Waals surface area contributed by atoms with Crippen molar-refractivity contribution in [3.63, 3.8) is 0 Å². The van der Waals surface area contributed by atoms with E-state index in [1.807, 2.05) is 0 Å². The van der Waals surface area contributed by atoms with Crippen molar-refractivity contribution in [1.29, 1.82) is 0 Å². The van der Waals surface area contributed by atoms with Gasteiger partial charge in [0.15, 0.2) is 6.10 Å². The Labute approximate surface area is 153 Å². The predicted octanol–water partition coefficient (Wildman–Crippen LogP) is 2.43. The van der Waals surface area contributed by atoms with E-state index in [-0.39, 0.29) is 18.6 Å². The van der Waals surface area contributed by atoms with E-state index in [1.165, 1.54) is 4.90 Å². The maximum Gasteiger partial charge on any atom is 0.334 e. The number of carboxylic acids is 1. The minimum Gasteiger partial charge on any atom is -0.497 e. The van der Waals surface area contributed by atoms with Crippen LogP contribution in [0.1, 0.15) is 37.6 Å². The van der Waals surface area contributed by atoms with E-state index in [0.717, 1.165) is 6.42 Å². The van der Waals surface area contributed by atoms with Gasteiger partial charge in [-0.05, 0) is 31.4 Å². The summed E-state index contributed by atoms with van der Waals surface area (Å²) >= 11 is 0. The van der Waals surface area contributed by atoms with Gasteiger partial charge in [0.25, 0.3) is 5.91 Å². The second-order valence-corrected chi connectivity index (χ2v) is 6.88. The molecular formula is C19H27NO6. The van der Waals surface area contributed by atoms with Crippen LogP contribution < -0.4 is 9.47 Å². The Hall–Kier alpha value is -2.28. The van der Waals surface area contributed by atoms with Gasteiger partial charge in [-0.1, -0.05) is 13.8 Å². The Bertz CT molecular complexity index is 645. The van der Waals surface area contributed by atoms with Crippen molar-refractivity contribution in [3.8, 4) is 11.5 Å². The van der Waals surface area contributed by atoms with Gasteiger partial charge >= 0.3 is 5.97 Å². The zero-order valence-electron chi connectivity index (χ0n) is 15.7. The lowest BCUT2D eigenvalue weighted by molar-refractivity contribution is -0.160. The number of amides is 1. The van der Waals surface area contributed by atoms with Crippen molar-refractivity contribution in [3.05, 3.63) is 23.8 Å². The Morgan fingerprint density at radius 1 is 1.35 bits per heavy atom. The lowest BCUT2D eigenvalue weighted by Gasteiger charge is -2.35. The second kappa shape index (κ2) is 8.89. The molecule has 1 aromatic carbocycles. The summed E-state index contributed by atoms with van der Waals surface area (Å²) in [4.78, 5) is 25.7. The summed E-state index contributed by atoms with van der Waals surface area (Å²) in [5, 5.41) is 9.21. The molecule has 1 amide bonds. The van der Waals surface area contributed by atoms with Crippen LogP contribution in [-0.4, -0.2) is 60.9 Å². The summed E-state index contributed by atoms with van der Waals surface area (Å²) in [5.74, 6) is 0.183. The van der Waals surface area contributed by atoms with Crippen LogP contribution in [0, 0.1) is 5.92 Å². The van der Waals surface area contributed by atoms with Crippen molar-refractivity contribution in [2.75, 3.05) is 26.8 Å². The molecule has 1 heterocycles. The molecule has 2 rings (SSSR count). The zero-order chi connectivity index (χ0) is 19.3. The highest BCUT2D eigenvalue weighted by molar-refractivity contribution is 5.97. The maximum absolute atomic E-state index is 13.0. The minimum atomic E-state index is -1.07. The number of rotatable bonds is 7. The van der Waals surface area contributed by atoms with Crippen molar-refractivity contribution in [2.24, 2.45) is 5.92 Å². The second-order valence-electron chi connectivity index (χ2n) is 6.88. The number of benzene rings is 1. The van der Waals surface area contributed by atoms with Gasteiger partial charge in [-0.15, -0.1) is 0 Å². The standard InChI is InChI=1S/C19H27NO6/c1-12(2)7-8-25-16-9-14(24-4)5-6-15(16)18(21)20-10-13(3)26-17(11-20)19(22)23/h5-6,9,12-13,17H,7-8,10-11H2,1-4H3,(H,22,23)/t13-,17?/m1/s1. The first-order valence-corrected chi connectivity index (χ1v) is 8.80. The number of carbonyl (C=O) groups is 2.